The zero-order valence-electron chi connectivity index (χ0n) is 23.9. The summed E-state index contributed by atoms with van der Waals surface area (Å²) in [4.78, 5) is 25.2. The first-order valence-corrected chi connectivity index (χ1v) is 14.0. The second-order valence-corrected chi connectivity index (χ2v) is 10.5. The molecule has 0 spiro atoms. The Morgan fingerprint density at radius 1 is 1.07 bits per heavy atom. The van der Waals surface area contributed by atoms with Gasteiger partial charge in [-0.05, 0) is 100 Å². The lowest BCUT2D eigenvalue weighted by molar-refractivity contribution is -0.132. The van der Waals surface area contributed by atoms with E-state index in [1.165, 1.54) is 13.0 Å². The minimum Gasteiger partial charge on any atom is -0.497 e. The van der Waals surface area contributed by atoms with Crippen LogP contribution in [0.1, 0.15) is 82.8 Å². The van der Waals surface area contributed by atoms with Crippen LogP contribution < -0.4 is 14.8 Å². The van der Waals surface area contributed by atoms with E-state index in [2.05, 4.69) is 12.2 Å². The number of methoxy groups -OCH3 is 1. The standard InChI is InChI=1S/C32H41F2NO5/c1-5-18-32(33,34)40-29-13-9-26(10-14-29)25(6-2)15-19-31(23(3)36)20-16-28(17-21-31)39-30(37)35-22-24-7-11-27(38-4)12-8-24/h5,7-14,18,25,28H,6,15-17,19-22H2,1-4H3,(H,35,37). The fourth-order valence-corrected chi connectivity index (χ4v) is 5.40. The maximum Gasteiger partial charge on any atom is 0.419 e. The van der Waals surface area contributed by atoms with Crippen LogP contribution in [0.2, 0.25) is 0 Å². The van der Waals surface area contributed by atoms with Gasteiger partial charge in [0.15, 0.2) is 0 Å². The van der Waals surface area contributed by atoms with Crippen LogP contribution in [-0.4, -0.2) is 31.2 Å². The van der Waals surface area contributed by atoms with E-state index in [1.807, 2.05) is 36.4 Å². The molecule has 0 bridgehead atoms. The summed E-state index contributed by atoms with van der Waals surface area (Å²) >= 11 is 0. The van der Waals surface area contributed by atoms with Gasteiger partial charge in [0, 0.05) is 18.0 Å². The van der Waals surface area contributed by atoms with Crippen molar-refractivity contribution in [2.75, 3.05) is 7.11 Å². The minimum atomic E-state index is -3.35. The van der Waals surface area contributed by atoms with Crippen molar-refractivity contribution in [3.05, 3.63) is 71.8 Å². The Morgan fingerprint density at radius 3 is 2.25 bits per heavy atom. The highest BCUT2D eigenvalue weighted by atomic mass is 19.3. The van der Waals surface area contributed by atoms with Gasteiger partial charge in [0.2, 0.25) is 0 Å². The molecular formula is C32H41F2NO5. The molecule has 0 saturated heterocycles. The van der Waals surface area contributed by atoms with Gasteiger partial charge in [0.1, 0.15) is 23.4 Å². The number of carbonyl (C=O) groups is 2. The molecule has 0 radical (unpaired) electrons. The number of ether oxygens (including phenoxy) is 3. The molecule has 1 aliphatic carbocycles. The third-order valence-corrected chi connectivity index (χ3v) is 7.94. The molecule has 0 aliphatic heterocycles. The number of amides is 1. The first kappa shape index (κ1) is 31.1. The van der Waals surface area contributed by atoms with Crippen molar-refractivity contribution in [1.29, 1.82) is 0 Å². The lowest BCUT2D eigenvalue weighted by atomic mass is 9.67. The lowest BCUT2D eigenvalue weighted by Gasteiger charge is -2.39. The van der Waals surface area contributed by atoms with Gasteiger partial charge in [-0.15, -0.1) is 0 Å². The van der Waals surface area contributed by atoms with E-state index < -0.39 is 17.6 Å². The van der Waals surface area contributed by atoms with Crippen molar-refractivity contribution in [1.82, 2.24) is 5.32 Å². The van der Waals surface area contributed by atoms with E-state index in [-0.39, 0.29) is 23.6 Å². The monoisotopic (exact) mass is 557 g/mol. The molecule has 1 fully saturated rings. The van der Waals surface area contributed by atoms with Crippen LogP contribution in [0.3, 0.4) is 0 Å². The Labute approximate surface area is 236 Å². The SMILES string of the molecule is CC=CC(F)(F)Oc1ccc(C(CC)CCC2(C(C)=O)CCC(OC(=O)NCc3ccc(OC)cc3)CC2)cc1. The van der Waals surface area contributed by atoms with Crippen LogP contribution in [0, 0.1) is 5.41 Å². The van der Waals surface area contributed by atoms with Crippen LogP contribution in [0.15, 0.2) is 60.7 Å². The number of alkyl halides is 2. The van der Waals surface area contributed by atoms with Gasteiger partial charge in [-0.2, -0.15) is 8.78 Å². The molecule has 2 aromatic rings. The number of rotatable bonds is 13. The number of hydrogen-bond acceptors (Lipinski definition) is 5. The van der Waals surface area contributed by atoms with Crippen LogP contribution in [-0.2, 0) is 16.1 Å². The number of halogens is 2. The minimum absolute atomic E-state index is 0.105. The second-order valence-electron chi connectivity index (χ2n) is 10.5. The van der Waals surface area contributed by atoms with Crippen molar-refractivity contribution in [2.45, 2.75) is 90.4 Å². The van der Waals surface area contributed by atoms with E-state index in [0.717, 1.165) is 36.1 Å². The molecule has 8 heteroatoms. The number of hydrogen-bond donors (Lipinski definition) is 1. The molecule has 1 unspecified atom stereocenters. The molecule has 1 aliphatic rings. The van der Waals surface area contributed by atoms with Crippen LogP contribution in [0.5, 0.6) is 11.5 Å². The number of carbonyl (C=O) groups excluding carboxylic acids is 2. The van der Waals surface area contributed by atoms with E-state index in [9.17, 15) is 18.4 Å². The molecule has 1 atom stereocenters. The van der Waals surface area contributed by atoms with Gasteiger partial charge in [-0.3, -0.25) is 4.79 Å². The fraction of sp³-hybridized carbons (Fsp3) is 0.500. The Kier molecular flexibility index (Phi) is 11.1. The largest absolute Gasteiger partial charge is 0.497 e. The first-order chi connectivity index (χ1) is 19.1. The number of allylic oxidation sites excluding steroid dienone is 1. The highest BCUT2D eigenvalue weighted by Crippen LogP contribution is 2.44. The highest BCUT2D eigenvalue weighted by molar-refractivity contribution is 5.82. The van der Waals surface area contributed by atoms with Gasteiger partial charge < -0.3 is 19.5 Å². The van der Waals surface area contributed by atoms with Crippen molar-refractivity contribution in [3.63, 3.8) is 0 Å². The summed E-state index contributed by atoms with van der Waals surface area (Å²) in [6.45, 7) is 5.62. The third kappa shape index (κ3) is 8.80. The summed E-state index contributed by atoms with van der Waals surface area (Å²) in [6.07, 6.45) is 2.94. The topological polar surface area (TPSA) is 73.9 Å². The maximum atomic E-state index is 13.7. The summed E-state index contributed by atoms with van der Waals surface area (Å²) < 4.78 is 43.1. The summed E-state index contributed by atoms with van der Waals surface area (Å²) in [5.74, 6) is 1.22. The van der Waals surface area contributed by atoms with Crippen molar-refractivity contribution in [3.8, 4) is 11.5 Å². The molecule has 1 amide bonds. The number of Topliss-reactive ketones (excluding diaryl/α,β-unsaturated/α-hetero) is 1. The quantitative estimate of drug-likeness (QED) is 0.253. The van der Waals surface area contributed by atoms with E-state index in [0.29, 0.717) is 38.3 Å². The fourth-order valence-electron chi connectivity index (χ4n) is 5.40. The lowest BCUT2D eigenvalue weighted by Crippen LogP contribution is -2.38. The van der Waals surface area contributed by atoms with Gasteiger partial charge in [-0.1, -0.05) is 37.3 Å². The van der Waals surface area contributed by atoms with Gasteiger partial charge in [-0.25, -0.2) is 4.79 Å². The van der Waals surface area contributed by atoms with Gasteiger partial charge >= 0.3 is 12.2 Å². The van der Waals surface area contributed by atoms with Crippen LogP contribution in [0.4, 0.5) is 13.6 Å². The Hall–Kier alpha value is -3.42. The molecule has 218 valence electrons. The normalized spacial score (nSPS) is 20.1. The number of nitrogens with one attached hydrogen (secondary N) is 1. The molecule has 0 aromatic heterocycles. The molecule has 1 saturated carbocycles. The summed E-state index contributed by atoms with van der Waals surface area (Å²) in [5, 5.41) is 2.79. The number of benzene rings is 2. The molecule has 0 heterocycles. The summed E-state index contributed by atoms with van der Waals surface area (Å²) in [6, 6.07) is 14.2. The second kappa shape index (κ2) is 14.3. The predicted molar refractivity (Wildman–Crippen MR) is 151 cm³/mol. The zero-order valence-corrected chi connectivity index (χ0v) is 23.9. The van der Waals surface area contributed by atoms with E-state index >= 15 is 0 Å². The predicted octanol–water partition coefficient (Wildman–Crippen LogP) is 7.96. The molecule has 6 nitrogen and oxygen atoms in total. The summed E-state index contributed by atoms with van der Waals surface area (Å²) in [7, 11) is 1.60. The molecule has 2 aromatic carbocycles. The number of alkyl carbamates (subject to hydrolysis) is 1. The van der Waals surface area contributed by atoms with Gasteiger partial charge in [0.05, 0.1) is 7.11 Å². The molecule has 1 N–H and O–H groups in total. The summed E-state index contributed by atoms with van der Waals surface area (Å²) in [5.41, 5.74) is 1.54. The van der Waals surface area contributed by atoms with E-state index in [4.69, 9.17) is 14.2 Å². The van der Waals surface area contributed by atoms with Crippen LogP contribution in [0.25, 0.3) is 0 Å². The number of ketones is 1. The third-order valence-electron chi connectivity index (χ3n) is 7.94. The van der Waals surface area contributed by atoms with Crippen LogP contribution >= 0.6 is 0 Å². The average Bonchev–Trinajstić information content (AvgIpc) is 2.94. The zero-order chi connectivity index (χ0) is 29.2. The smallest absolute Gasteiger partial charge is 0.419 e. The average molecular weight is 558 g/mol. The van der Waals surface area contributed by atoms with Crippen molar-refractivity contribution >= 4 is 11.9 Å². The van der Waals surface area contributed by atoms with Gasteiger partial charge in [0.25, 0.3) is 0 Å². The molecule has 40 heavy (non-hydrogen) atoms. The van der Waals surface area contributed by atoms with Crippen molar-refractivity contribution in [2.24, 2.45) is 5.41 Å². The first-order valence-electron chi connectivity index (χ1n) is 14.0. The Morgan fingerprint density at radius 2 is 1.70 bits per heavy atom. The van der Waals surface area contributed by atoms with Crippen molar-refractivity contribution < 1.29 is 32.6 Å². The van der Waals surface area contributed by atoms with E-state index in [1.54, 1.807) is 26.2 Å². The Balaban J connectivity index is 1.50. The Bertz CT molecular complexity index is 1120. The molecule has 3 rings (SSSR count). The highest BCUT2D eigenvalue weighted by Gasteiger charge is 2.40. The molecular weight excluding hydrogens is 516 g/mol. The maximum absolute atomic E-state index is 13.7.